The highest BCUT2D eigenvalue weighted by Gasteiger charge is 2.24. The largest absolute Gasteiger partial charge is 0.756 e. The van der Waals surface area contributed by atoms with E-state index in [1.54, 1.807) is 0 Å². The number of allylic oxidation sites excluding steroid dienone is 4. The van der Waals surface area contributed by atoms with Crippen LogP contribution in [0.5, 0.6) is 0 Å². The summed E-state index contributed by atoms with van der Waals surface area (Å²) in [7, 11) is 1.28. The van der Waals surface area contributed by atoms with Crippen LogP contribution in [0.25, 0.3) is 0 Å². The number of carbonyl (C=O) groups excluding carboxylic acids is 1. The second kappa shape index (κ2) is 26.4. The van der Waals surface area contributed by atoms with Crippen molar-refractivity contribution in [1.82, 2.24) is 5.32 Å². The molecule has 3 unspecified atom stereocenters. The molecule has 0 aromatic carbocycles. The summed E-state index contributed by atoms with van der Waals surface area (Å²) in [6.07, 6.45) is 26.2. The van der Waals surface area contributed by atoms with E-state index in [0.717, 1.165) is 70.6 Å². The molecule has 0 saturated carbocycles. The standard InChI is InChI=1S/C33H65N2O6P/c1-6-8-10-12-14-15-16-17-18-19-21-23-25-27-33(37)34-31(32(36)26-24-22-20-13-11-9-7-2)30-41-42(38,39)40-29-28-35(3,4)5/h10,12,15-16,31-32,36H,6-9,11,13-14,17-30H2,1-5H3,(H-,34,37,38,39)/b12-10-,16-15-. The van der Waals surface area contributed by atoms with E-state index in [1.165, 1.54) is 32.1 Å². The van der Waals surface area contributed by atoms with Crippen molar-refractivity contribution in [3.8, 4) is 0 Å². The number of likely N-dealkylation sites (N-methyl/N-ethyl adjacent to an activating group) is 1. The van der Waals surface area contributed by atoms with Crippen molar-refractivity contribution >= 4 is 13.7 Å². The van der Waals surface area contributed by atoms with Crippen molar-refractivity contribution < 1.29 is 32.9 Å². The van der Waals surface area contributed by atoms with Gasteiger partial charge in [-0.25, -0.2) is 0 Å². The summed E-state index contributed by atoms with van der Waals surface area (Å²) in [5, 5.41) is 13.7. The Morgan fingerprint density at radius 1 is 0.833 bits per heavy atom. The van der Waals surface area contributed by atoms with Gasteiger partial charge in [-0.2, -0.15) is 0 Å². The average Bonchev–Trinajstić information content (AvgIpc) is 2.92. The number of unbranched alkanes of at least 4 members (excludes halogenated alkanes) is 12. The van der Waals surface area contributed by atoms with E-state index in [1.807, 2.05) is 21.1 Å². The molecule has 2 N–H and O–H groups in total. The third-order valence-electron chi connectivity index (χ3n) is 7.17. The van der Waals surface area contributed by atoms with Crippen LogP contribution in [-0.4, -0.2) is 68.5 Å². The van der Waals surface area contributed by atoms with E-state index in [9.17, 15) is 19.4 Å². The number of nitrogens with one attached hydrogen (secondary N) is 1. The summed E-state index contributed by atoms with van der Waals surface area (Å²) in [4.78, 5) is 25.0. The van der Waals surface area contributed by atoms with E-state index in [0.29, 0.717) is 23.9 Å². The summed E-state index contributed by atoms with van der Waals surface area (Å²) in [6.45, 7) is 4.55. The molecule has 0 aromatic heterocycles. The summed E-state index contributed by atoms with van der Waals surface area (Å²) < 4.78 is 23.0. The van der Waals surface area contributed by atoms with Crippen molar-refractivity contribution in [2.45, 2.75) is 142 Å². The number of rotatable bonds is 29. The Kier molecular flexibility index (Phi) is 25.7. The Morgan fingerprint density at radius 3 is 2.07 bits per heavy atom. The maximum absolute atomic E-state index is 12.7. The maximum Gasteiger partial charge on any atom is 0.268 e. The lowest BCUT2D eigenvalue weighted by atomic mass is 10.0. The molecular formula is C33H65N2O6P. The Labute approximate surface area is 258 Å². The highest BCUT2D eigenvalue weighted by atomic mass is 31.2. The fourth-order valence-corrected chi connectivity index (χ4v) is 5.15. The number of nitrogens with zero attached hydrogens (tertiary/aromatic N) is 1. The van der Waals surface area contributed by atoms with Gasteiger partial charge in [0.25, 0.3) is 7.82 Å². The second-order valence-corrected chi connectivity index (χ2v) is 13.9. The molecule has 0 spiro atoms. The first-order chi connectivity index (χ1) is 20.0. The van der Waals surface area contributed by atoms with Gasteiger partial charge >= 0.3 is 0 Å². The van der Waals surface area contributed by atoms with Crippen LogP contribution in [0, 0.1) is 0 Å². The normalized spacial score (nSPS) is 15.3. The van der Waals surface area contributed by atoms with Crippen LogP contribution in [0.15, 0.2) is 24.3 Å². The van der Waals surface area contributed by atoms with Crippen LogP contribution in [0.2, 0.25) is 0 Å². The summed E-state index contributed by atoms with van der Waals surface area (Å²) >= 11 is 0. The van der Waals surface area contributed by atoms with Crippen LogP contribution >= 0.6 is 7.82 Å². The Bertz CT molecular complexity index is 753. The lowest BCUT2D eigenvalue weighted by Gasteiger charge is -2.30. The first-order valence-electron chi connectivity index (χ1n) is 16.7. The molecule has 0 rings (SSSR count). The fraction of sp³-hybridized carbons (Fsp3) is 0.848. The second-order valence-electron chi connectivity index (χ2n) is 12.5. The van der Waals surface area contributed by atoms with Crippen LogP contribution in [0.4, 0.5) is 0 Å². The lowest BCUT2D eigenvalue weighted by Crippen LogP contribution is -2.46. The molecule has 0 heterocycles. The molecule has 0 saturated heterocycles. The van der Waals surface area contributed by atoms with Gasteiger partial charge in [0.05, 0.1) is 39.9 Å². The Hall–Kier alpha value is -1.02. The molecule has 8 nitrogen and oxygen atoms in total. The third kappa shape index (κ3) is 27.8. The first-order valence-corrected chi connectivity index (χ1v) is 18.1. The number of phosphoric ester groups is 1. The van der Waals surface area contributed by atoms with Gasteiger partial charge in [-0.05, 0) is 38.5 Å². The highest BCUT2D eigenvalue weighted by Crippen LogP contribution is 2.38. The van der Waals surface area contributed by atoms with E-state index >= 15 is 0 Å². The minimum Gasteiger partial charge on any atom is -0.756 e. The average molecular weight is 617 g/mol. The molecule has 0 aliphatic carbocycles. The highest BCUT2D eigenvalue weighted by molar-refractivity contribution is 7.45. The topological polar surface area (TPSA) is 108 Å². The Balaban J connectivity index is 4.51. The van der Waals surface area contributed by atoms with Gasteiger partial charge < -0.3 is 28.8 Å². The molecule has 3 atom stereocenters. The van der Waals surface area contributed by atoms with Crippen molar-refractivity contribution in [2.24, 2.45) is 0 Å². The molecule has 248 valence electrons. The van der Waals surface area contributed by atoms with E-state index in [4.69, 9.17) is 9.05 Å². The van der Waals surface area contributed by atoms with E-state index in [-0.39, 0.29) is 19.1 Å². The summed E-state index contributed by atoms with van der Waals surface area (Å²) in [5.74, 6) is -0.187. The molecule has 0 radical (unpaired) electrons. The number of amides is 1. The zero-order valence-corrected chi connectivity index (χ0v) is 28.6. The zero-order chi connectivity index (χ0) is 31.5. The first kappa shape index (κ1) is 41.0. The number of hydrogen-bond donors (Lipinski definition) is 2. The van der Waals surface area contributed by atoms with Crippen molar-refractivity contribution in [3.05, 3.63) is 24.3 Å². The molecule has 9 heteroatoms. The number of hydrogen-bond acceptors (Lipinski definition) is 6. The van der Waals surface area contributed by atoms with Crippen LogP contribution in [0.3, 0.4) is 0 Å². The predicted molar refractivity (Wildman–Crippen MR) is 173 cm³/mol. The molecule has 0 aromatic rings. The van der Waals surface area contributed by atoms with Crippen molar-refractivity contribution in [2.75, 3.05) is 40.9 Å². The molecule has 0 fully saturated rings. The monoisotopic (exact) mass is 616 g/mol. The molecule has 0 aliphatic heterocycles. The summed E-state index contributed by atoms with van der Waals surface area (Å²) in [5.41, 5.74) is 0. The zero-order valence-electron chi connectivity index (χ0n) is 27.7. The van der Waals surface area contributed by atoms with Gasteiger partial charge in [0.1, 0.15) is 13.2 Å². The fourth-order valence-electron chi connectivity index (χ4n) is 4.43. The van der Waals surface area contributed by atoms with Crippen molar-refractivity contribution in [1.29, 1.82) is 0 Å². The van der Waals surface area contributed by atoms with Gasteiger partial charge in [-0.3, -0.25) is 9.36 Å². The van der Waals surface area contributed by atoms with E-state index in [2.05, 4.69) is 43.5 Å². The number of aliphatic hydroxyl groups is 1. The molecule has 0 bridgehead atoms. The maximum atomic E-state index is 12.7. The van der Waals surface area contributed by atoms with Gasteiger partial charge in [0, 0.05) is 6.42 Å². The number of carbonyl (C=O) groups is 1. The van der Waals surface area contributed by atoms with Gasteiger partial charge in [-0.1, -0.05) is 109 Å². The van der Waals surface area contributed by atoms with E-state index < -0.39 is 20.0 Å². The van der Waals surface area contributed by atoms with Crippen LogP contribution in [0.1, 0.15) is 129 Å². The minimum atomic E-state index is -4.54. The van der Waals surface area contributed by atoms with Gasteiger partial charge in [-0.15, -0.1) is 0 Å². The number of aliphatic hydroxyl groups excluding tert-OH is 1. The molecular weight excluding hydrogens is 551 g/mol. The van der Waals surface area contributed by atoms with Crippen molar-refractivity contribution in [3.63, 3.8) is 0 Å². The quantitative estimate of drug-likeness (QED) is 0.0398. The van der Waals surface area contributed by atoms with Crippen LogP contribution < -0.4 is 10.2 Å². The molecule has 42 heavy (non-hydrogen) atoms. The summed E-state index contributed by atoms with van der Waals surface area (Å²) in [6, 6.07) is -0.800. The Morgan fingerprint density at radius 2 is 1.43 bits per heavy atom. The lowest BCUT2D eigenvalue weighted by molar-refractivity contribution is -0.870. The van der Waals surface area contributed by atoms with Crippen LogP contribution in [-0.2, 0) is 18.4 Å². The predicted octanol–water partition coefficient (Wildman–Crippen LogP) is 7.21. The van der Waals surface area contributed by atoms with Gasteiger partial charge in [0.2, 0.25) is 5.91 Å². The minimum absolute atomic E-state index is 0.00850. The molecule has 0 aliphatic rings. The number of quaternary nitrogens is 1. The van der Waals surface area contributed by atoms with Gasteiger partial charge in [0.15, 0.2) is 0 Å². The third-order valence-corrected chi connectivity index (χ3v) is 8.14. The number of phosphoric acid groups is 1. The molecule has 1 amide bonds. The SMILES string of the molecule is CCC/C=C\C/C=C\CCCCCCCC(=O)NC(COP(=O)([O-])OCC[N+](C)(C)C)C(O)CCCCCCCCC. The smallest absolute Gasteiger partial charge is 0.268 e.